The van der Waals surface area contributed by atoms with Crippen molar-refractivity contribution < 1.29 is 0 Å². The molecule has 22 heavy (non-hydrogen) atoms. The molecule has 1 aromatic heterocycles. The van der Waals surface area contributed by atoms with E-state index >= 15 is 0 Å². The lowest BCUT2D eigenvalue weighted by atomic mass is 9.77. The second kappa shape index (κ2) is 5.36. The predicted octanol–water partition coefficient (Wildman–Crippen LogP) is 3.21. The molecule has 0 bridgehead atoms. The monoisotopic (exact) mass is 319 g/mol. The fraction of sp³-hybridized carbons (Fsp3) is 0.688. The standard InChI is InChI=1S/C16H22ClN5/c1-15(2)7-12(8-16(3)5-4-6-22(15)16)20-13-11(9-18)10-19-14(17)21-13/h10,12H,4-8H2,1-3H3,(H,19,20,21)/t12-,16-/m0/s1. The Hall–Kier alpha value is -1.38. The van der Waals surface area contributed by atoms with Crippen LogP contribution in [0.2, 0.25) is 5.28 Å². The lowest BCUT2D eigenvalue weighted by Crippen LogP contribution is -2.61. The topological polar surface area (TPSA) is 64.8 Å². The van der Waals surface area contributed by atoms with Crippen molar-refractivity contribution in [1.29, 1.82) is 5.26 Å². The van der Waals surface area contributed by atoms with Crippen LogP contribution in [0, 0.1) is 11.3 Å². The summed E-state index contributed by atoms with van der Waals surface area (Å²) < 4.78 is 0. The number of halogens is 1. The fourth-order valence-corrected chi connectivity index (χ4v) is 4.57. The largest absolute Gasteiger partial charge is 0.366 e. The number of rotatable bonds is 2. The van der Waals surface area contributed by atoms with Gasteiger partial charge in [0.15, 0.2) is 0 Å². The van der Waals surface area contributed by atoms with E-state index in [1.807, 2.05) is 0 Å². The second-order valence-electron chi connectivity index (χ2n) is 7.33. The molecule has 2 aliphatic heterocycles. The Morgan fingerprint density at radius 3 is 2.91 bits per heavy atom. The van der Waals surface area contributed by atoms with Crippen LogP contribution < -0.4 is 5.32 Å². The Bertz CT molecular complexity index is 623. The quantitative estimate of drug-likeness (QED) is 0.848. The van der Waals surface area contributed by atoms with E-state index in [9.17, 15) is 5.26 Å². The van der Waals surface area contributed by atoms with Gasteiger partial charge in [-0.2, -0.15) is 10.2 Å². The van der Waals surface area contributed by atoms with E-state index in [2.05, 4.69) is 47.0 Å². The molecule has 3 rings (SSSR count). The van der Waals surface area contributed by atoms with Gasteiger partial charge in [0.2, 0.25) is 5.28 Å². The first-order valence-corrected chi connectivity index (χ1v) is 8.19. The maximum absolute atomic E-state index is 9.22. The summed E-state index contributed by atoms with van der Waals surface area (Å²) >= 11 is 5.88. The summed E-state index contributed by atoms with van der Waals surface area (Å²) in [6, 6.07) is 2.42. The van der Waals surface area contributed by atoms with Crippen molar-refractivity contribution in [3.05, 3.63) is 17.0 Å². The molecule has 1 aromatic rings. The van der Waals surface area contributed by atoms with Crippen LogP contribution >= 0.6 is 11.6 Å². The highest BCUT2D eigenvalue weighted by molar-refractivity contribution is 6.28. The van der Waals surface area contributed by atoms with Crippen molar-refractivity contribution >= 4 is 17.4 Å². The Kier molecular flexibility index (Phi) is 3.78. The van der Waals surface area contributed by atoms with Crippen LogP contribution in [0.4, 0.5) is 5.82 Å². The van der Waals surface area contributed by atoms with E-state index in [0.717, 1.165) is 12.8 Å². The minimum atomic E-state index is 0.144. The van der Waals surface area contributed by atoms with Crippen LogP contribution in [-0.4, -0.2) is 38.5 Å². The fourth-order valence-electron chi connectivity index (χ4n) is 4.43. The maximum Gasteiger partial charge on any atom is 0.224 e. The summed E-state index contributed by atoms with van der Waals surface area (Å²) in [5.74, 6) is 0.554. The SMILES string of the molecule is CC1(C)C[C@H](Nc2nc(Cl)ncc2C#N)C[C@]2(C)CCCN12. The Morgan fingerprint density at radius 1 is 1.41 bits per heavy atom. The van der Waals surface area contributed by atoms with Gasteiger partial charge >= 0.3 is 0 Å². The van der Waals surface area contributed by atoms with Crippen molar-refractivity contribution in [1.82, 2.24) is 14.9 Å². The molecule has 5 nitrogen and oxygen atoms in total. The zero-order valence-corrected chi connectivity index (χ0v) is 14.1. The van der Waals surface area contributed by atoms with Gasteiger partial charge < -0.3 is 5.32 Å². The van der Waals surface area contributed by atoms with Crippen molar-refractivity contribution in [3.8, 4) is 6.07 Å². The molecule has 2 atom stereocenters. The number of piperidine rings is 1. The molecule has 0 aromatic carbocycles. The number of hydrogen-bond acceptors (Lipinski definition) is 5. The normalized spacial score (nSPS) is 30.6. The van der Waals surface area contributed by atoms with Gasteiger partial charge in [-0.15, -0.1) is 0 Å². The second-order valence-corrected chi connectivity index (χ2v) is 7.67. The van der Waals surface area contributed by atoms with Crippen molar-refractivity contribution in [3.63, 3.8) is 0 Å². The first kappa shape index (κ1) is 15.5. The number of aromatic nitrogens is 2. The molecule has 0 aliphatic carbocycles. The van der Waals surface area contributed by atoms with Crippen LogP contribution in [0.1, 0.15) is 52.0 Å². The number of fused-ring (bicyclic) bond motifs is 1. The Labute approximate surface area is 136 Å². The third-order valence-electron chi connectivity index (χ3n) is 5.13. The van der Waals surface area contributed by atoms with Gasteiger partial charge in [0.1, 0.15) is 17.5 Å². The molecule has 2 fully saturated rings. The number of anilines is 1. The first-order valence-electron chi connectivity index (χ1n) is 7.81. The Balaban J connectivity index is 1.85. The molecule has 0 unspecified atom stereocenters. The van der Waals surface area contributed by atoms with E-state index in [-0.39, 0.29) is 22.4 Å². The molecule has 2 saturated heterocycles. The highest BCUT2D eigenvalue weighted by atomic mass is 35.5. The molecule has 2 aliphatic rings. The van der Waals surface area contributed by atoms with Gasteiger partial charge in [0.05, 0.1) is 6.20 Å². The summed E-state index contributed by atoms with van der Waals surface area (Å²) in [4.78, 5) is 10.7. The van der Waals surface area contributed by atoms with Crippen molar-refractivity contribution in [2.45, 2.75) is 63.6 Å². The van der Waals surface area contributed by atoms with E-state index in [1.165, 1.54) is 25.6 Å². The predicted molar refractivity (Wildman–Crippen MR) is 86.8 cm³/mol. The summed E-state index contributed by atoms with van der Waals surface area (Å²) in [5, 5.41) is 12.8. The zero-order valence-electron chi connectivity index (χ0n) is 13.4. The van der Waals surface area contributed by atoms with Crippen LogP contribution in [0.5, 0.6) is 0 Å². The summed E-state index contributed by atoms with van der Waals surface area (Å²) in [7, 11) is 0. The van der Waals surface area contributed by atoms with E-state index in [0.29, 0.717) is 11.4 Å². The maximum atomic E-state index is 9.22. The highest BCUT2D eigenvalue weighted by Crippen LogP contribution is 2.45. The highest BCUT2D eigenvalue weighted by Gasteiger charge is 2.50. The molecule has 0 amide bonds. The number of nitriles is 1. The third kappa shape index (κ3) is 2.66. The number of nitrogens with zero attached hydrogens (tertiary/aromatic N) is 4. The van der Waals surface area contributed by atoms with Gasteiger partial charge in [0.25, 0.3) is 0 Å². The minimum absolute atomic E-state index is 0.144. The molecule has 1 N–H and O–H groups in total. The molecule has 0 radical (unpaired) electrons. The van der Waals surface area contributed by atoms with Crippen LogP contribution in [0.15, 0.2) is 6.20 Å². The van der Waals surface area contributed by atoms with E-state index in [1.54, 1.807) is 0 Å². The average Bonchev–Trinajstić information content (AvgIpc) is 2.81. The van der Waals surface area contributed by atoms with Gasteiger partial charge in [-0.25, -0.2) is 4.98 Å². The molecule has 0 spiro atoms. The van der Waals surface area contributed by atoms with Gasteiger partial charge in [-0.1, -0.05) is 0 Å². The lowest BCUT2D eigenvalue weighted by molar-refractivity contribution is -0.00858. The van der Waals surface area contributed by atoms with Crippen molar-refractivity contribution in [2.75, 3.05) is 11.9 Å². The van der Waals surface area contributed by atoms with Crippen molar-refractivity contribution in [2.24, 2.45) is 0 Å². The molecule has 3 heterocycles. The molecular formula is C16H22ClN5. The molecule has 6 heteroatoms. The number of nitrogens with one attached hydrogen (secondary N) is 1. The van der Waals surface area contributed by atoms with Crippen LogP contribution in [-0.2, 0) is 0 Å². The van der Waals surface area contributed by atoms with Gasteiger partial charge in [0, 0.05) is 17.1 Å². The smallest absolute Gasteiger partial charge is 0.224 e. The van der Waals surface area contributed by atoms with Gasteiger partial charge in [-0.05, 0) is 64.6 Å². The molecule has 118 valence electrons. The zero-order chi connectivity index (χ0) is 16.0. The van der Waals surface area contributed by atoms with E-state index in [4.69, 9.17) is 11.6 Å². The van der Waals surface area contributed by atoms with Crippen LogP contribution in [0.3, 0.4) is 0 Å². The summed E-state index contributed by atoms with van der Waals surface area (Å²) in [5.41, 5.74) is 0.814. The molecule has 0 saturated carbocycles. The minimum Gasteiger partial charge on any atom is -0.366 e. The summed E-state index contributed by atoms with van der Waals surface area (Å²) in [6.07, 6.45) is 6.05. The summed E-state index contributed by atoms with van der Waals surface area (Å²) in [6.45, 7) is 8.15. The average molecular weight is 320 g/mol. The lowest BCUT2D eigenvalue weighted by Gasteiger charge is -2.53. The first-order chi connectivity index (χ1) is 10.3. The molecular weight excluding hydrogens is 298 g/mol. The third-order valence-corrected chi connectivity index (χ3v) is 5.31. The van der Waals surface area contributed by atoms with Crippen LogP contribution in [0.25, 0.3) is 0 Å². The van der Waals surface area contributed by atoms with Gasteiger partial charge in [-0.3, -0.25) is 4.90 Å². The Morgan fingerprint density at radius 2 is 2.18 bits per heavy atom. The number of hydrogen-bond donors (Lipinski definition) is 1. The van der Waals surface area contributed by atoms with E-state index < -0.39 is 0 Å².